The second-order valence-corrected chi connectivity index (χ2v) is 5.79. The molecule has 0 saturated heterocycles. The van der Waals surface area contributed by atoms with E-state index in [4.69, 9.17) is 0 Å². The highest BCUT2D eigenvalue weighted by atomic mass is 16.3. The molecule has 1 amide bonds. The number of hydrogen-bond donors (Lipinski definition) is 3. The molecule has 0 saturated carbocycles. The van der Waals surface area contributed by atoms with Crippen LogP contribution in [0.5, 0.6) is 0 Å². The van der Waals surface area contributed by atoms with Crippen LogP contribution in [0.25, 0.3) is 0 Å². The van der Waals surface area contributed by atoms with E-state index < -0.39 is 6.10 Å². The van der Waals surface area contributed by atoms with E-state index in [1.54, 1.807) is 0 Å². The summed E-state index contributed by atoms with van der Waals surface area (Å²) in [5.74, 6) is -0.0206. The molecule has 112 valence electrons. The van der Waals surface area contributed by atoms with Crippen molar-refractivity contribution in [1.82, 2.24) is 5.32 Å². The molecular weight excluding hydrogens is 252 g/mol. The molecule has 0 bridgehead atoms. The van der Waals surface area contributed by atoms with E-state index in [2.05, 4.69) is 24.5 Å². The summed E-state index contributed by atoms with van der Waals surface area (Å²) in [6, 6.07) is 8.35. The Morgan fingerprint density at radius 2 is 1.95 bits per heavy atom. The van der Waals surface area contributed by atoms with Crippen molar-refractivity contribution in [2.75, 3.05) is 5.32 Å². The Hall–Kier alpha value is -1.55. The van der Waals surface area contributed by atoms with Gasteiger partial charge in [0.25, 0.3) is 0 Å². The first-order valence-electron chi connectivity index (χ1n) is 7.18. The van der Waals surface area contributed by atoms with E-state index in [1.807, 2.05) is 38.1 Å². The van der Waals surface area contributed by atoms with E-state index >= 15 is 0 Å². The molecule has 0 aliphatic carbocycles. The number of rotatable bonds is 7. The normalized spacial score (nSPS) is 12.6. The fourth-order valence-corrected chi connectivity index (χ4v) is 1.80. The number of benzene rings is 1. The molecule has 0 aromatic heterocycles. The van der Waals surface area contributed by atoms with Gasteiger partial charge in [0, 0.05) is 18.3 Å². The van der Waals surface area contributed by atoms with E-state index in [0.717, 1.165) is 11.3 Å². The Kier molecular flexibility index (Phi) is 6.52. The molecule has 20 heavy (non-hydrogen) atoms. The molecule has 0 heterocycles. The van der Waals surface area contributed by atoms with Crippen LogP contribution in [-0.4, -0.2) is 23.2 Å². The molecule has 1 atom stereocenters. The lowest BCUT2D eigenvalue weighted by molar-refractivity contribution is -0.123. The van der Waals surface area contributed by atoms with Crippen LogP contribution < -0.4 is 10.6 Å². The lowest BCUT2D eigenvalue weighted by Gasteiger charge is -2.14. The first kappa shape index (κ1) is 16.5. The Balaban J connectivity index is 2.47. The van der Waals surface area contributed by atoms with Gasteiger partial charge in [-0.05, 0) is 37.5 Å². The lowest BCUT2D eigenvalue weighted by Crippen LogP contribution is -2.29. The molecule has 1 aromatic carbocycles. The second-order valence-electron chi connectivity index (χ2n) is 5.79. The van der Waals surface area contributed by atoms with Crippen molar-refractivity contribution >= 4 is 11.6 Å². The SMILES string of the molecule is CC(C)Nc1cccc(CNC(=O)CC(O)C(C)C)c1. The zero-order valence-corrected chi connectivity index (χ0v) is 12.8. The monoisotopic (exact) mass is 278 g/mol. The highest BCUT2D eigenvalue weighted by Gasteiger charge is 2.13. The van der Waals surface area contributed by atoms with Crippen molar-refractivity contribution in [2.45, 2.75) is 52.8 Å². The minimum Gasteiger partial charge on any atom is -0.392 e. The number of amides is 1. The van der Waals surface area contributed by atoms with Crippen LogP contribution in [-0.2, 0) is 11.3 Å². The van der Waals surface area contributed by atoms with Crippen molar-refractivity contribution in [1.29, 1.82) is 0 Å². The van der Waals surface area contributed by atoms with E-state index in [9.17, 15) is 9.90 Å². The van der Waals surface area contributed by atoms with Crippen LogP contribution >= 0.6 is 0 Å². The number of hydrogen-bond acceptors (Lipinski definition) is 3. The van der Waals surface area contributed by atoms with Gasteiger partial charge in [-0.25, -0.2) is 0 Å². The molecular formula is C16H26N2O2. The van der Waals surface area contributed by atoms with Crippen LogP contribution in [0.3, 0.4) is 0 Å². The van der Waals surface area contributed by atoms with Gasteiger partial charge >= 0.3 is 0 Å². The van der Waals surface area contributed by atoms with Crippen LogP contribution in [0.1, 0.15) is 39.7 Å². The van der Waals surface area contributed by atoms with Crippen LogP contribution in [0.15, 0.2) is 24.3 Å². The Morgan fingerprint density at radius 1 is 1.25 bits per heavy atom. The van der Waals surface area contributed by atoms with E-state index in [1.165, 1.54) is 0 Å². The van der Waals surface area contributed by atoms with E-state index in [-0.39, 0.29) is 18.2 Å². The van der Waals surface area contributed by atoms with Crippen molar-refractivity contribution in [3.8, 4) is 0 Å². The summed E-state index contributed by atoms with van der Waals surface area (Å²) in [6.07, 6.45) is -0.425. The maximum atomic E-state index is 11.7. The quantitative estimate of drug-likeness (QED) is 0.718. The summed E-state index contributed by atoms with van der Waals surface area (Å²) in [5, 5.41) is 15.8. The molecule has 3 N–H and O–H groups in total. The van der Waals surface area contributed by atoms with Crippen molar-refractivity contribution in [3.63, 3.8) is 0 Å². The summed E-state index contributed by atoms with van der Waals surface area (Å²) in [7, 11) is 0. The van der Waals surface area contributed by atoms with Crippen LogP contribution in [0.4, 0.5) is 5.69 Å². The maximum Gasteiger partial charge on any atom is 0.222 e. The molecule has 0 radical (unpaired) electrons. The number of carbonyl (C=O) groups excluding carboxylic acids is 1. The minimum absolute atomic E-state index is 0.0966. The predicted molar refractivity (Wildman–Crippen MR) is 82.5 cm³/mol. The number of carbonyl (C=O) groups is 1. The second kappa shape index (κ2) is 7.90. The molecule has 1 unspecified atom stereocenters. The predicted octanol–water partition coefficient (Wildman–Crippen LogP) is 2.53. The van der Waals surface area contributed by atoms with Crippen LogP contribution in [0.2, 0.25) is 0 Å². The summed E-state index contributed by atoms with van der Waals surface area (Å²) < 4.78 is 0. The summed E-state index contributed by atoms with van der Waals surface area (Å²) >= 11 is 0. The lowest BCUT2D eigenvalue weighted by atomic mass is 10.0. The first-order chi connectivity index (χ1) is 9.38. The first-order valence-corrected chi connectivity index (χ1v) is 7.18. The number of anilines is 1. The molecule has 4 heteroatoms. The van der Waals surface area contributed by atoms with Gasteiger partial charge in [0.2, 0.25) is 5.91 Å². The molecule has 0 spiro atoms. The standard InChI is InChI=1S/C16H26N2O2/c1-11(2)15(19)9-16(20)17-10-13-6-5-7-14(8-13)18-12(3)4/h5-8,11-12,15,18-19H,9-10H2,1-4H3,(H,17,20). The number of aliphatic hydroxyl groups excluding tert-OH is 1. The average Bonchev–Trinajstić information content (AvgIpc) is 2.36. The van der Waals surface area contributed by atoms with Gasteiger partial charge in [-0.1, -0.05) is 26.0 Å². The number of nitrogens with one attached hydrogen (secondary N) is 2. The molecule has 0 aliphatic rings. The van der Waals surface area contributed by atoms with Crippen molar-refractivity contribution in [2.24, 2.45) is 5.92 Å². The maximum absolute atomic E-state index is 11.7. The zero-order chi connectivity index (χ0) is 15.1. The summed E-state index contributed by atoms with van der Waals surface area (Å²) in [6.45, 7) is 8.46. The fourth-order valence-electron chi connectivity index (χ4n) is 1.80. The highest BCUT2D eigenvalue weighted by Crippen LogP contribution is 2.12. The van der Waals surface area contributed by atoms with Crippen LogP contribution in [0, 0.1) is 5.92 Å². The molecule has 1 aromatic rings. The molecule has 0 fully saturated rings. The van der Waals surface area contributed by atoms with Gasteiger partial charge in [0.05, 0.1) is 12.5 Å². The minimum atomic E-state index is -0.580. The van der Waals surface area contributed by atoms with Gasteiger partial charge in [0.1, 0.15) is 0 Å². The summed E-state index contributed by atoms with van der Waals surface area (Å²) in [5.41, 5.74) is 2.09. The molecule has 0 aliphatic heterocycles. The third kappa shape index (κ3) is 6.06. The largest absolute Gasteiger partial charge is 0.392 e. The Labute approximate surface area is 121 Å². The average molecular weight is 278 g/mol. The zero-order valence-electron chi connectivity index (χ0n) is 12.8. The topological polar surface area (TPSA) is 61.4 Å². The van der Waals surface area contributed by atoms with Gasteiger partial charge in [-0.15, -0.1) is 0 Å². The number of aliphatic hydroxyl groups is 1. The van der Waals surface area contributed by atoms with E-state index in [0.29, 0.717) is 12.6 Å². The molecule has 4 nitrogen and oxygen atoms in total. The van der Waals surface area contributed by atoms with Gasteiger partial charge in [-0.2, -0.15) is 0 Å². The highest BCUT2D eigenvalue weighted by molar-refractivity contribution is 5.76. The molecule has 1 rings (SSSR count). The third-order valence-electron chi connectivity index (χ3n) is 3.04. The Bertz CT molecular complexity index is 430. The Morgan fingerprint density at radius 3 is 2.55 bits per heavy atom. The summed E-state index contributed by atoms with van der Waals surface area (Å²) in [4.78, 5) is 11.7. The van der Waals surface area contributed by atoms with Gasteiger partial charge in [0.15, 0.2) is 0 Å². The van der Waals surface area contributed by atoms with Gasteiger partial charge < -0.3 is 15.7 Å². The van der Waals surface area contributed by atoms with Crippen molar-refractivity contribution < 1.29 is 9.90 Å². The fraction of sp³-hybridized carbons (Fsp3) is 0.562. The smallest absolute Gasteiger partial charge is 0.222 e. The van der Waals surface area contributed by atoms with Gasteiger partial charge in [-0.3, -0.25) is 4.79 Å². The third-order valence-corrected chi connectivity index (χ3v) is 3.04. The van der Waals surface area contributed by atoms with Crippen molar-refractivity contribution in [3.05, 3.63) is 29.8 Å².